The number of halogens is 3. The Balaban J connectivity index is 2.66. The predicted molar refractivity (Wildman–Crippen MR) is 58.4 cm³/mol. The van der Waals surface area contributed by atoms with Gasteiger partial charge in [-0.25, -0.2) is 8.78 Å². The minimum atomic E-state index is -2.62. The average Bonchev–Trinajstić information content (AvgIpc) is 2.09. The second kappa shape index (κ2) is 4.70. The van der Waals surface area contributed by atoms with E-state index in [2.05, 4.69) is 5.32 Å². The summed E-state index contributed by atoms with van der Waals surface area (Å²) in [7, 11) is 1.52. The van der Waals surface area contributed by atoms with E-state index in [-0.39, 0.29) is 13.1 Å². The van der Waals surface area contributed by atoms with Gasteiger partial charge in [-0.1, -0.05) is 11.6 Å². The highest BCUT2D eigenvalue weighted by molar-refractivity contribution is 6.19. The summed E-state index contributed by atoms with van der Waals surface area (Å²) in [5, 5.41) is 2.82. The molecule has 0 aromatic heterocycles. The molecular weight excluding hydrogens is 240 g/mol. The van der Waals surface area contributed by atoms with Gasteiger partial charge < -0.3 is 10.5 Å². The van der Waals surface area contributed by atoms with Gasteiger partial charge in [0.1, 0.15) is 5.62 Å². The molecule has 0 aliphatic carbocycles. The molecule has 0 spiro atoms. The fourth-order valence-corrected chi connectivity index (χ4v) is 1.86. The molecule has 2 atom stereocenters. The maximum Gasteiger partial charge on any atom is 0.273 e. The number of rotatable bonds is 5. The first-order valence-corrected chi connectivity index (χ1v) is 5.44. The number of nitrogens with zero attached hydrogens (tertiary/aromatic N) is 1. The zero-order valence-electron chi connectivity index (χ0n) is 9.64. The smallest absolute Gasteiger partial charge is 0.273 e. The Bertz CT molecular complexity index is 243. The lowest BCUT2D eigenvalue weighted by Gasteiger charge is -2.49. The lowest BCUT2D eigenvalue weighted by Crippen LogP contribution is -2.70. The Kier molecular flexibility index (Phi) is 4.13. The second-order valence-electron chi connectivity index (χ2n) is 4.54. The normalized spacial score (nSPS) is 24.9. The van der Waals surface area contributed by atoms with E-state index in [1.165, 1.54) is 7.11 Å². The molecule has 1 fully saturated rings. The number of alkyl halides is 3. The van der Waals surface area contributed by atoms with Gasteiger partial charge in [-0.05, 0) is 13.8 Å². The van der Waals surface area contributed by atoms with Gasteiger partial charge in [0.25, 0.3) is 5.92 Å². The largest absolute Gasteiger partial charge is 0.376 e. The molecule has 4 nitrogen and oxygen atoms in total. The SMILES string of the molecule is COC(C)(C)C(NC(N)Cl)N1CC(F)(F)C1. The first kappa shape index (κ1) is 14.1. The van der Waals surface area contributed by atoms with Gasteiger partial charge in [0, 0.05) is 7.11 Å². The quantitative estimate of drug-likeness (QED) is 0.434. The van der Waals surface area contributed by atoms with Crippen molar-refractivity contribution < 1.29 is 13.5 Å². The number of nitrogens with one attached hydrogen (secondary N) is 1. The van der Waals surface area contributed by atoms with E-state index in [0.717, 1.165) is 0 Å². The van der Waals surface area contributed by atoms with Crippen LogP contribution in [0.1, 0.15) is 13.8 Å². The maximum absolute atomic E-state index is 12.8. The molecule has 0 bridgehead atoms. The summed E-state index contributed by atoms with van der Waals surface area (Å²) in [6.07, 6.45) is -0.440. The molecule has 3 N–H and O–H groups in total. The van der Waals surface area contributed by atoms with E-state index >= 15 is 0 Å². The van der Waals surface area contributed by atoms with Crippen LogP contribution in [0.3, 0.4) is 0 Å². The highest BCUT2D eigenvalue weighted by Gasteiger charge is 2.50. The standard InChI is InChI=1S/C9H18ClF2N3O/c1-8(2,16-3)6(14-7(10)13)15-4-9(11,12)5-15/h6-7,14H,4-5,13H2,1-3H3. The number of hydrogen-bond acceptors (Lipinski definition) is 4. The summed E-state index contributed by atoms with van der Waals surface area (Å²) < 4.78 is 30.9. The summed E-state index contributed by atoms with van der Waals surface area (Å²) >= 11 is 5.63. The van der Waals surface area contributed by atoms with Crippen molar-refractivity contribution in [1.82, 2.24) is 10.2 Å². The van der Waals surface area contributed by atoms with Crippen molar-refractivity contribution in [2.75, 3.05) is 20.2 Å². The number of likely N-dealkylation sites (tertiary alicyclic amines) is 1. The highest BCUT2D eigenvalue weighted by Crippen LogP contribution is 2.31. The molecule has 0 saturated carbocycles. The van der Waals surface area contributed by atoms with Crippen molar-refractivity contribution in [3.05, 3.63) is 0 Å². The van der Waals surface area contributed by atoms with Crippen LogP contribution < -0.4 is 11.1 Å². The number of hydrogen-bond donors (Lipinski definition) is 2. The summed E-state index contributed by atoms with van der Waals surface area (Å²) in [4.78, 5) is 1.56. The van der Waals surface area contributed by atoms with Crippen LogP contribution in [-0.4, -0.2) is 48.4 Å². The predicted octanol–water partition coefficient (Wildman–Crippen LogP) is 0.759. The number of nitrogens with two attached hydrogens (primary N) is 1. The van der Waals surface area contributed by atoms with Crippen LogP contribution in [0.4, 0.5) is 8.78 Å². The monoisotopic (exact) mass is 257 g/mol. The van der Waals surface area contributed by atoms with E-state index in [1.54, 1.807) is 18.7 Å². The van der Waals surface area contributed by atoms with Gasteiger partial charge in [0.15, 0.2) is 0 Å². The Labute approximate surface area is 99.1 Å². The van der Waals surface area contributed by atoms with Crippen LogP contribution in [0.25, 0.3) is 0 Å². The molecule has 7 heteroatoms. The van der Waals surface area contributed by atoms with Crippen molar-refractivity contribution in [2.24, 2.45) is 5.73 Å². The molecule has 96 valence electrons. The molecule has 0 aromatic rings. The first-order chi connectivity index (χ1) is 7.18. The van der Waals surface area contributed by atoms with E-state index in [0.29, 0.717) is 0 Å². The average molecular weight is 258 g/mol. The first-order valence-electron chi connectivity index (χ1n) is 5.01. The van der Waals surface area contributed by atoms with Crippen LogP contribution in [0.15, 0.2) is 0 Å². The summed E-state index contributed by atoms with van der Waals surface area (Å²) in [6.45, 7) is 2.98. The fourth-order valence-electron chi connectivity index (χ4n) is 1.74. The molecular formula is C9H18ClF2N3O. The molecule has 0 radical (unpaired) electrons. The van der Waals surface area contributed by atoms with Crippen molar-refractivity contribution in [1.29, 1.82) is 0 Å². The minimum Gasteiger partial charge on any atom is -0.376 e. The molecule has 0 aromatic carbocycles. The second-order valence-corrected chi connectivity index (χ2v) is 5.01. The Hall–Kier alpha value is -0.0100. The maximum atomic E-state index is 12.8. The molecule has 1 rings (SSSR count). The fraction of sp³-hybridized carbons (Fsp3) is 1.00. The van der Waals surface area contributed by atoms with Gasteiger partial charge in [-0.15, -0.1) is 0 Å². The van der Waals surface area contributed by atoms with Crippen LogP contribution >= 0.6 is 11.6 Å². The van der Waals surface area contributed by atoms with Crippen LogP contribution in [0.5, 0.6) is 0 Å². The topological polar surface area (TPSA) is 50.5 Å². The van der Waals surface area contributed by atoms with Gasteiger partial charge in [-0.3, -0.25) is 10.2 Å². The third-order valence-electron chi connectivity index (χ3n) is 2.74. The zero-order valence-corrected chi connectivity index (χ0v) is 10.4. The van der Waals surface area contributed by atoms with Crippen molar-refractivity contribution in [3.8, 4) is 0 Å². The summed E-state index contributed by atoms with van der Waals surface area (Å²) in [6, 6.07) is 0. The third-order valence-corrected chi connectivity index (χ3v) is 2.86. The van der Waals surface area contributed by atoms with Gasteiger partial charge in [0.05, 0.1) is 24.9 Å². The van der Waals surface area contributed by atoms with Gasteiger partial charge in [0.2, 0.25) is 0 Å². The zero-order chi connectivity index (χ0) is 12.6. The van der Waals surface area contributed by atoms with Gasteiger partial charge in [-0.2, -0.15) is 0 Å². The van der Waals surface area contributed by atoms with Crippen LogP contribution in [0.2, 0.25) is 0 Å². The molecule has 1 aliphatic heterocycles. The Morgan fingerprint density at radius 1 is 1.50 bits per heavy atom. The van der Waals surface area contributed by atoms with Crippen LogP contribution in [-0.2, 0) is 4.74 Å². The molecule has 1 heterocycles. The lowest BCUT2D eigenvalue weighted by atomic mass is 9.99. The lowest BCUT2D eigenvalue weighted by molar-refractivity contribution is -0.184. The van der Waals surface area contributed by atoms with E-state index in [4.69, 9.17) is 22.1 Å². The molecule has 16 heavy (non-hydrogen) atoms. The Morgan fingerprint density at radius 3 is 2.31 bits per heavy atom. The van der Waals surface area contributed by atoms with E-state index in [9.17, 15) is 8.78 Å². The minimum absolute atomic E-state index is 0.304. The van der Waals surface area contributed by atoms with E-state index < -0.39 is 23.3 Å². The summed E-state index contributed by atoms with van der Waals surface area (Å²) in [5.74, 6) is -2.62. The van der Waals surface area contributed by atoms with Crippen LogP contribution in [0, 0.1) is 0 Å². The Morgan fingerprint density at radius 2 is 2.00 bits per heavy atom. The molecule has 1 saturated heterocycles. The van der Waals surface area contributed by atoms with E-state index in [1.807, 2.05) is 0 Å². The van der Waals surface area contributed by atoms with Crippen molar-refractivity contribution in [3.63, 3.8) is 0 Å². The van der Waals surface area contributed by atoms with Gasteiger partial charge >= 0.3 is 0 Å². The highest BCUT2D eigenvalue weighted by atomic mass is 35.5. The number of methoxy groups -OCH3 is 1. The molecule has 2 unspecified atom stereocenters. The number of ether oxygens (including phenoxy) is 1. The molecule has 1 aliphatic rings. The summed E-state index contributed by atoms with van der Waals surface area (Å²) in [5.41, 5.74) is 3.97. The van der Waals surface area contributed by atoms with Crippen molar-refractivity contribution >= 4 is 11.6 Å². The third kappa shape index (κ3) is 3.24. The molecule has 0 amide bonds. The van der Waals surface area contributed by atoms with Crippen molar-refractivity contribution in [2.45, 2.75) is 37.2 Å².